The summed E-state index contributed by atoms with van der Waals surface area (Å²) in [6.07, 6.45) is -1.20. The summed E-state index contributed by atoms with van der Waals surface area (Å²) < 4.78 is 31.5. The zero-order chi connectivity index (χ0) is 16.8. The molecule has 1 N–H and O–H groups in total. The molecule has 23 heavy (non-hydrogen) atoms. The SMILES string of the molecule is C[C@H](CC(=O)OCc1ccccc1)C(O)c1cc(F)cc(F)c1. The molecule has 0 radical (unpaired) electrons. The molecule has 1 unspecified atom stereocenters. The maximum atomic E-state index is 13.2. The summed E-state index contributed by atoms with van der Waals surface area (Å²) in [5.41, 5.74) is 0.965. The lowest BCUT2D eigenvalue weighted by atomic mass is 9.94. The molecule has 2 aromatic rings. The van der Waals surface area contributed by atoms with Gasteiger partial charge in [0, 0.05) is 6.07 Å². The second-order valence-electron chi connectivity index (χ2n) is 5.48. The molecule has 0 bridgehead atoms. The van der Waals surface area contributed by atoms with Crippen LogP contribution in [0.3, 0.4) is 0 Å². The van der Waals surface area contributed by atoms with Gasteiger partial charge in [-0.05, 0) is 29.2 Å². The maximum Gasteiger partial charge on any atom is 0.306 e. The number of hydrogen-bond donors (Lipinski definition) is 1. The summed E-state index contributed by atoms with van der Waals surface area (Å²) in [7, 11) is 0. The highest BCUT2D eigenvalue weighted by atomic mass is 19.1. The van der Waals surface area contributed by atoms with Crippen molar-refractivity contribution in [2.75, 3.05) is 0 Å². The fourth-order valence-corrected chi connectivity index (χ4v) is 2.25. The Morgan fingerprint density at radius 2 is 1.74 bits per heavy atom. The fraction of sp³-hybridized carbons (Fsp3) is 0.278. The van der Waals surface area contributed by atoms with Crippen LogP contribution in [0.15, 0.2) is 48.5 Å². The van der Waals surface area contributed by atoms with E-state index in [1.165, 1.54) is 0 Å². The van der Waals surface area contributed by atoms with Gasteiger partial charge >= 0.3 is 5.97 Å². The molecular weight excluding hydrogens is 302 g/mol. The van der Waals surface area contributed by atoms with Crippen molar-refractivity contribution in [3.63, 3.8) is 0 Å². The number of carbonyl (C=O) groups excluding carboxylic acids is 1. The summed E-state index contributed by atoms with van der Waals surface area (Å²) in [5, 5.41) is 10.1. The zero-order valence-corrected chi connectivity index (χ0v) is 12.7. The van der Waals surface area contributed by atoms with Crippen LogP contribution in [0, 0.1) is 17.6 Å². The van der Waals surface area contributed by atoms with E-state index in [0.29, 0.717) is 0 Å². The molecule has 0 heterocycles. The van der Waals surface area contributed by atoms with Crippen molar-refractivity contribution in [3.8, 4) is 0 Å². The molecule has 0 aromatic heterocycles. The molecule has 0 fully saturated rings. The van der Waals surface area contributed by atoms with Crippen molar-refractivity contribution >= 4 is 5.97 Å². The minimum atomic E-state index is -1.15. The molecule has 2 atom stereocenters. The molecular formula is C18H18F2O3. The fourth-order valence-electron chi connectivity index (χ4n) is 2.25. The second kappa shape index (κ2) is 7.83. The molecule has 0 spiro atoms. The number of benzene rings is 2. The third-order valence-electron chi connectivity index (χ3n) is 3.50. The predicted molar refractivity (Wildman–Crippen MR) is 81.3 cm³/mol. The Balaban J connectivity index is 1.89. The number of hydrogen-bond acceptors (Lipinski definition) is 3. The van der Waals surface area contributed by atoms with E-state index in [9.17, 15) is 18.7 Å². The standard InChI is InChI=1S/C18H18F2O3/c1-12(18(22)14-8-15(19)10-16(20)9-14)7-17(21)23-11-13-5-3-2-4-6-13/h2-6,8-10,12,18,22H,7,11H2,1H3/t12-,18?/m1/s1. The summed E-state index contributed by atoms with van der Waals surface area (Å²) >= 11 is 0. The molecule has 2 aromatic carbocycles. The second-order valence-corrected chi connectivity index (χ2v) is 5.48. The Labute approximate surface area is 133 Å². The lowest BCUT2D eigenvalue weighted by Gasteiger charge is -2.18. The van der Waals surface area contributed by atoms with Crippen LogP contribution in [-0.2, 0) is 16.1 Å². The summed E-state index contributed by atoms with van der Waals surface area (Å²) in [5.74, 6) is -2.53. The first-order valence-corrected chi connectivity index (χ1v) is 7.29. The van der Waals surface area contributed by atoms with Crippen LogP contribution in [0.1, 0.15) is 30.6 Å². The molecule has 0 saturated carbocycles. The highest BCUT2D eigenvalue weighted by Crippen LogP contribution is 2.26. The molecule has 0 aliphatic carbocycles. The van der Waals surface area contributed by atoms with Crippen molar-refractivity contribution in [3.05, 3.63) is 71.3 Å². The third-order valence-corrected chi connectivity index (χ3v) is 3.50. The van der Waals surface area contributed by atoms with Gasteiger partial charge in [0.15, 0.2) is 0 Å². The van der Waals surface area contributed by atoms with Gasteiger partial charge in [0.25, 0.3) is 0 Å². The Hall–Kier alpha value is -2.27. The number of esters is 1. The van der Waals surface area contributed by atoms with Gasteiger partial charge in [-0.15, -0.1) is 0 Å². The van der Waals surface area contributed by atoms with Crippen molar-refractivity contribution in [1.82, 2.24) is 0 Å². The van der Waals surface area contributed by atoms with Crippen molar-refractivity contribution in [2.24, 2.45) is 5.92 Å². The van der Waals surface area contributed by atoms with E-state index in [2.05, 4.69) is 0 Å². The Kier molecular flexibility index (Phi) is 5.82. The normalized spacial score (nSPS) is 13.4. The molecule has 2 rings (SSSR count). The van der Waals surface area contributed by atoms with E-state index in [1.807, 2.05) is 30.3 Å². The van der Waals surface area contributed by atoms with E-state index in [4.69, 9.17) is 4.74 Å². The number of halogens is 2. The minimum Gasteiger partial charge on any atom is -0.461 e. The molecule has 0 aliphatic rings. The summed E-state index contributed by atoms with van der Waals surface area (Å²) in [6, 6.07) is 12.1. The van der Waals surface area contributed by atoms with Gasteiger partial charge in [-0.3, -0.25) is 4.79 Å². The number of aliphatic hydroxyl groups is 1. The van der Waals surface area contributed by atoms with E-state index in [1.54, 1.807) is 6.92 Å². The van der Waals surface area contributed by atoms with Crippen LogP contribution in [0.5, 0.6) is 0 Å². The summed E-state index contributed by atoms with van der Waals surface area (Å²) in [6.45, 7) is 1.77. The van der Waals surface area contributed by atoms with Crippen LogP contribution in [0.25, 0.3) is 0 Å². The van der Waals surface area contributed by atoms with E-state index in [-0.39, 0.29) is 18.6 Å². The van der Waals surface area contributed by atoms with Gasteiger partial charge in [0.05, 0.1) is 12.5 Å². The highest BCUT2D eigenvalue weighted by Gasteiger charge is 2.21. The first-order chi connectivity index (χ1) is 11.0. The summed E-state index contributed by atoms with van der Waals surface area (Å²) in [4.78, 5) is 11.8. The van der Waals surface area contributed by atoms with E-state index >= 15 is 0 Å². The van der Waals surface area contributed by atoms with Crippen molar-refractivity contribution in [1.29, 1.82) is 0 Å². The number of rotatable bonds is 6. The van der Waals surface area contributed by atoms with E-state index < -0.39 is 29.6 Å². The van der Waals surface area contributed by atoms with Gasteiger partial charge in [0.1, 0.15) is 18.2 Å². The van der Waals surface area contributed by atoms with Crippen LogP contribution >= 0.6 is 0 Å². The molecule has 0 aliphatic heterocycles. The Morgan fingerprint density at radius 1 is 1.13 bits per heavy atom. The molecule has 0 saturated heterocycles. The Bertz CT molecular complexity index is 638. The molecule has 3 nitrogen and oxygen atoms in total. The largest absolute Gasteiger partial charge is 0.461 e. The van der Waals surface area contributed by atoms with Gasteiger partial charge in [-0.2, -0.15) is 0 Å². The first-order valence-electron chi connectivity index (χ1n) is 7.29. The number of carbonyl (C=O) groups is 1. The highest BCUT2D eigenvalue weighted by molar-refractivity contribution is 5.69. The monoisotopic (exact) mass is 320 g/mol. The van der Waals surface area contributed by atoms with Gasteiger partial charge in [0.2, 0.25) is 0 Å². The quantitative estimate of drug-likeness (QED) is 0.824. The molecule has 0 amide bonds. The minimum absolute atomic E-state index is 0.0495. The topological polar surface area (TPSA) is 46.5 Å². The van der Waals surface area contributed by atoms with Crippen LogP contribution in [0.2, 0.25) is 0 Å². The average Bonchev–Trinajstić information content (AvgIpc) is 2.52. The maximum absolute atomic E-state index is 13.2. The number of aliphatic hydroxyl groups excluding tert-OH is 1. The van der Waals surface area contributed by atoms with Crippen LogP contribution in [0.4, 0.5) is 8.78 Å². The smallest absolute Gasteiger partial charge is 0.306 e. The van der Waals surface area contributed by atoms with Gasteiger partial charge < -0.3 is 9.84 Å². The lowest BCUT2D eigenvalue weighted by molar-refractivity contribution is -0.147. The first kappa shape index (κ1) is 17.1. The van der Waals surface area contributed by atoms with Crippen molar-refractivity contribution in [2.45, 2.75) is 26.1 Å². The lowest BCUT2D eigenvalue weighted by Crippen LogP contribution is -2.16. The average molecular weight is 320 g/mol. The van der Waals surface area contributed by atoms with Gasteiger partial charge in [-0.1, -0.05) is 37.3 Å². The molecule has 5 heteroatoms. The number of ether oxygens (including phenoxy) is 1. The van der Waals surface area contributed by atoms with Crippen molar-refractivity contribution < 1.29 is 23.4 Å². The van der Waals surface area contributed by atoms with Crippen LogP contribution in [-0.4, -0.2) is 11.1 Å². The zero-order valence-electron chi connectivity index (χ0n) is 12.7. The third kappa shape index (κ3) is 5.14. The Morgan fingerprint density at radius 3 is 2.35 bits per heavy atom. The molecule has 122 valence electrons. The predicted octanol–water partition coefficient (Wildman–Crippen LogP) is 3.77. The van der Waals surface area contributed by atoms with Crippen LogP contribution < -0.4 is 0 Å². The van der Waals surface area contributed by atoms with Gasteiger partial charge in [-0.25, -0.2) is 8.78 Å². The van der Waals surface area contributed by atoms with E-state index in [0.717, 1.165) is 23.8 Å².